The number of carbonyl (C=O) groups excluding carboxylic acids is 1. The lowest BCUT2D eigenvalue weighted by molar-refractivity contribution is -0.118. The minimum absolute atomic E-state index is 0.00269. The third-order valence-electron chi connectivity index (χ3n) is 5.71. The Morgan fingerprint density at radius 3 is 2.62 bits per heavy atom. The number of furan rings is 1. The third kappa shape index (κ3) is 3.92. The summed E-state index contributed by atoms with van der Waals surface area (Å²) in [5.41, 5.74) is 3.19. The molecule has 0 radical (unpaired) electrons. The van der Waals surface area contributed by atoms with Crippen molar-refractivity contribution in [2.75, 3.05) is 4.90 Å². The molecule has 2 aromatic heterocycles. The van der Waals surface area contributed by atoms with Crippen molar-refractivity contribution >= 4 is 43.4 Å². The summed E-state index contributed by atoms with van der Waals surface area (Å²) >= 11 is 1.55. The van der Waals surface area contributed by atoms with E-state index in [0.717, 1.165) is 32.3 Å². The quantitative estimate of drug-likeness (QED) is 0.287. The number of fused-ring (bicyclic) bond motifs is 2. The van der Waals surface area contributed by atoms with Gasteiger partial charge in [0.15, 0.2) is 5.13 Å². The first-order chi connectivity index (χ1) is 15.6. The number of rotatable bonds is 6. The Balaban J connectivity index is 1.54. The Bertz CT molecular complexity index is 1380. The maximum Gasteiger partial charge on any atom is 0.233 e. The highest BCUT2D eigenvalue weighted by Crippen LogP contribution is 2.34. The molecule has 0 aliphatic carbocycles. The van der Waals surface area contributed by atoms with Gasteiger partial charge in [-0.05, 0) is 46.0 Å². The first kappa shape index (κ1) is 20.5. The second kappa shape index (κ2) is 8.60. The second-order valence-corrected chi connectivity index (χ2v) is 9.23. The van der Waals surface area contributed by atoms with Gasteiger partial charge in [-0.25, -0.2) is 4.98 Å². The number of anilines is 1. The van der Waals surface area contributed by atoms with E-state index in [-0.39, 0.29) is 5.91 Å². The molecule has 0 bridgehead atoms. The van der Waals surface area contributed by atoms with E-state index in [4.69, 9.17) is 9.40 Å². The van der Waals surface area contributed by atoms with E-state index < -0.39 is 0 Å². The van der Waals surface area contributed by atoms with Gasteiger partial charge in [0.1, 0.15) is 5.76 Å². The molecule has 0 N–H and O–H groups in total. The summed E-state index contributed by atoms with van der Waals surface area (Å²) < 4.78 is 6.67. The van der Waals surface area contributed by atoms with Gasteiger partial charge >= 0.3 is 0 Å². The molecule has 5 aromatic rings. The van der Waals surface area contributed by atoms with Crippen molar-refractivity contribution in [3.8, 4) is 0 Å². The third-order valence-corrected chi connectivity index (χ3v) is 6.75. The molecule has 0 spiro atoms. The Labute approximate surface area is 191 Å². The van der Waals surface area contributed by atoms with Crippen LogP contribution in [0.5, 0.6) is 0 Å². The van der Waals surface area contributed by atoms with E-state index in [1.165, 1.54) is 5.56 Å². The molecule has 0 aliphatic rings. The van der Waals surface area contributed by atoms with E-state index >= 15 is 0 Å². The number of carbonyl (C=O) groups is 1. The van der Waals surface area contributed by atoms with Crippen LogP contribution in [-0.2, 0) is 17.8 Å². The zero-order valence-corrected chi connectivity index (χ0v) is 18.9. The molecule has 5 rings (SSSR count). The number of hydrogen-bond donors (Lipinski definition) is 0. The van der Waals surface area contributed by atoms with Gasteiger partial charge in [0.05, 0.1) is 29.4 Å². The minimum Gasteiger partial charge on any atom is -0.467 e. The SMILES string of the molecule is CC(C)c1cccc2sc(N(Cc3ccco3)C(=O)Cc3cccc4ccccc34)nc12. The summed E-state index contributed by atoms with van der Waals surface area (Å²) in [4.78, 5) is 20.3. The van der Waals surface area contributed by atoms with E-state index in [1.807, 2.05) is 36.4 Å². The van der Waals surface area contributed by atoms with Crippen molar-refractivity contribution in [1.29, 1.82) is 0 Å². The highest BCUT2D eigenvalue weighted by molar-refractivity contribution is 7.22. The number of nitrogens with zero attached hydrogens (tertiary/aromatic N) is 2. The average molecular weight is 441 g/mol. The van der Waals surface area contributed by atoms with Crippen LogP contribution in [0.2, 0.25) is 0 Å². The molecule has 4 nitrogen and oxygen atoms in total. The molecule has 0 aliphatic heterocycles. The molecule has 0 saturated heterocycles. The van der Waals surface area contributed by atoms with Crippen LogP contribution in [0, 0.1) is 0 Å². The number of benzene rings is 3. The molecule has 1 amide bonds. The molecule has 32 heavy (non-hydrogen) atoms. The second-order valence-electron chi connectivity index (χ2n) is 8.22. The van der Waals surface area contributed by atoms with Crippen molar-refractivity contribution in [2.45, 2.75) is 32.7 Å². The lowest BCUT2D eigenvalue weighted by Crippen LogP contribution is -2.31. The van der Waals surface area contributed by atoms with E-state index in [0.29, 0.717) is 24.0 Å². The van der Waals surface area contributed by atoms with Gasteiger partial charge < -0.3 is 4.42 Å². The van der Waals surface area contributed by atoms with Gasteiger partial charge in [-0.2, -0.15) is 0 Å². The molecule has 3 aromatic carbocycles. The monoisotopic (exact) mass is 440 g/mol. The first-order valence-electron chi connectivity index (χ1n) is 10.8. The number of amides is 1. The largest absolute Gasteiger partial charge is 0.467 e. The average Bonchev–Trinajstić information content (AvgIpc) is 3.47. The van der Waals surface area contributed by atoms with E-state index in [1.54, 1.807) is 22.5 Å². The Hall–Kier alpha value is -3.44. The predicted molar refractivity (Wildman–Crippen MR) is 131 cm³/mol. The van der Waals surface area contributed by atoms with Gasteiger partial charge in [-0.3, -0.25) is 9.69 Å². The van der Waals surface area contributed by atoms with E-state index in [2.05, 4.69) is 50.2 Å². The highest BCUT2D eigenvalue weighted by atomic mass is 32.1. The molecule has 0 unspecified atom stereocenters. The van der Waals surface area contributed by atoms with Gasteiger partial charge in [0.25, 0.3) is 0 Å². The van der Waals surface area contributed by atoms with Crippen molar-refractivity contribution in [1.82, 2.24) is 4.98 Å². The van der Waals surface area contributed by atoms with E-state index in [9.17, 15) is 4.79 Å². The van der Waals surface area contributed by atoms with Gasteiger partial charge in [0, 0.05) is 0 Å². The summed E-state index contributed by atoms with van der Waals surface area (Å²) in [6.45, 7) is 4.69. The number of thiazole rings is 1. The Morgan fingerprint density at radius 2 is 1.81 bits per heavy atom. The summed E-state index contributed by atoms with van der Waals surface area (Å²) in [5, 5.41) is 2.94. The highest BCUT2D eigenvalue weighted by Gasteiger charge is 2.23. The van der Waals surface area contributed by atoms with Crippen molar-refractivity contribution in [2.24, 2.45) is 0 Å². The standard InChI is InChI=1S/C27H24N2O2S/c1-18(2)22-13-6-14-24-26(22)28-27(32-24)29(17-21-11-7-15-31-21)25(30)16-20-10-5-9-19-8-3-4-12-23(19)20/h3-15,18H,16-17H2,1-2H3. The van der Waals surface area contributed by atoms with Crippen LogP contribution >= 0.6 is 11.3 Å². The van der Waals surface area contributed by atoms with Crippen LogP contribution in [0.1, 0.15) is 36.7 Å². The summed E-state index contributed by atoms with van der Waals surface area (Å²) in [6, 6.07) is 24.3. The summed E-state index contributed by atoms with van der Waals surface area (Å²) in [5.74, 6) is 1.10. The molecule has 2 heterocycles. The van der Waals surface area contributed by atoms with Crippen molar-refractivity contribution in [3.05, 3.63) is 95.9 Å². The maximum atomic E-state index is 13.6. The smallest absolute Gasteiger partial charge is 0.233 e. The topological polar surface area (TPSA) is 46.3 Å². The zero-order valence-electron chi connectivity index (χ0n) is 18.1. The van der Waals surface area contributed by atoms with Crippen molar-refractivity contribution < 1.29 is 9.21 Å². The number of hydrogen-bond acceptors (Lipinski definition) is 4. The molecule has 160 valence electrons. The number of para-hydroxylation sites is 1. The molecule has 0 saturated carbocycles. The van der Waals surface area contributed by atoms with Crippen LogP contribution < -0.4 is 4.90 Å². The fourth-order valence-corrected chi connectivity index (χ4v) is 5.08. The van der Waals surface area contributed by atoms with Crippen LogP contribution in [0.15, 0.2) is 83.5 Å². The fourth-order valence-electron chi connectivity index (χ4n) is 4.07. The minimum atomic E-state index is 0.00269. The molecule has 5 heteroatoms. The van der Waals surface area contributed by atoms with Gasteiger partial charge in [0.2, 0.25) is 5.91 Å². The number of aromatic nitrogens is 1. The Kier molecular flexibility index (Phi) is 5.50. The Morgan fingerprint density at radius 1 is 1.00 bits per heavy atom. The van der Waals surface area contributed by atoms with Crippen LogP contribution in [-0.4, -0.2) is 10.9 Å². The van der Waals surface area contributed by atoms with Gasteiger partial charge in [-0.15, -0.1) is 0 Å². The lowest BCUT2D eigenvalue weighted by atomic mass is 10.0. The van der Waals surface area contributed by atoms with Gasteiger partial charge in [-0.1, -0.05) is 79.8 Å². The summed E-state index contributed by atoms with van der Waals surface area (Å²) in [6.07, 6.45) is 1.94. The molecule has 0 fully saturated rings. The van der Waals surface area contributed by atoms with Crippen LogP contribution in [0.4, 0.5) is 5.13 Å². The lowest BCUT2D eigenvalue weighted by Gasteiger charge is -2.19. The first-order valence-corrected chi connectivity index (χ1v) is 11.6. The maximum absolute atomic E-state index is 13.6. The van der Waals surface area contributed by atoms with Crippen LogP contribution in [0.25, 0.3) is 21.0 Å². The van der Waals surface area contributed by atoms with Crippen LogP contribution in [0.3, 0.4) is 0 Å². The molecular formula is C27H24N2O2S. The fraction of sp³-hybridized carbons (Fsp3) is 0.185. The zero-order chi connectivity index (χ0) is 22.1. The summed E-state index contributed by atoms with van der Waals surface area (Å²) in [7, 11) is 0. The van der Waals surface area contributed by atoms with Crippen molar-refractivity contribution in [3.63, 3.8) is 0 Å². The normalized spacial score (nSPS) is 11.5. The molecular weight excluding hydrogens is 416 g/mol. The molecule has 0 atom stereocenters. The predicted octanol–water partition coefficient (Wildman–Crippen LogP) is 6.94.